The third-order valence-electron chi connectivity index (χ3n) is 4.67. The summed E-state index contributed by atoms with van der Waals surface area (Å²) in [5, 5.41) is 0. The molecule has 28 heavy (non-hydrogen) atoms. The Morgan fingerprint density at radius 1 is 0.821 bits per heavy atom. The van der Waals surface area contributed by atoms with Gasteiger partial charge in [0.25, 0.3) is 0 Å². The first-order valence-electron chi connectivity index (χ1n) is 8.99. The fourth-order valence-corrected chi connectivity index (χ4v) is 3.21. The zero-order valence-corrected chi connectivity index (χ0v) is 15.2. The molecule has 0 fully saturated rings. The number of alkyl halides is 3. The summed E-state index contributed by atoms with van der Waals surface area (Å²) in [4.78, 5) is 11.3. The van der Waals surface area contributed by atoms with Gasteiger partial charge >= 0.3 is 6.18 Å². The van der Waals surface area contributed by atoms with Crippen LogP contribution in [0.2, 0.25) is 0 Å². The highest BCUT2D eigenvalue weighted by molar-refractivity contribution is 5.94. The SMILES string of the molecule is NC(=O)c1cccc(-c2ccc(CCCc3ccccc3C(F)(F)F)cc2)c1. The van der Waals surface area contributed by atoms with Gasteiger partial charge in [0.05, 0.1) is 5.56 Å². The highest BCUT2D eigenvalue weighted by atomic mass is 19.4. The second kappa shape index (κ2) is 8.30. The molecule has 0 saturated heterocycles. The fourth-order valence-electron chi connectivity index (χ4n) is 3.21. The molecule has 1 amide bonds. The Bertz CT molecular complexity index is 962. The largest absolute Gasteiger partial charge is 0.416 e. The first kappa shape index (κ1) is 19.7. The lowest BCUT2D eigenvalue weighted by atomic mass is 9.97. The first-order valence-corrected chi connectivity index (χ1v) is 8.99. The molecule has 3 aromatic rings. The van der Waals surface area contributed by atoms with Crippen molar-refractivity contribution in [1.82, 2.24) is 0 Å². The minimum absolute atomic E-state index is 0.329. The van der Waals surface area contributed by atoms with Crippen molar-refractivity contribution in [2.75, 3.05) is 0 Å². The number of hydrogen-bond acceptors (Lipinski definition) is 1. The normalized spacial score (nSPS) is 11.4. The summed E-state index contributed by atoms with van der Waals surface area (Å²) in [7, 11) is 0. The van der Waals surface area contributed by atoms with E-state index in [2.05, 4.69) is 0 Å². The van der Waals surface area contributed by atoms with Crippen LogP contribution >= 0.6 is 0 Å². The lowest BCUT2D eigenvalue weighted by Gasteiger charge is -2.12. The van der Waals surface area contributed by atoms with Gasteiger partial charge < -0.3 is 5.73 Å². The molecule has 0 heterocycles. The van der Waals surface area contributed by atoms with Gasteiger partial charge in [-0.2, -0.15) is 13.2 Å². The third kappa shape index (κ3) is 4.80. The number of primary amides is 1. The van der Waals surface area contributed by atoms with Crippen LogP contribution in [0.25, 0.3) is 11.1 Å². The molecule has 0 saturated carbocycles. The summed E-state index contributed by atoms with van der Waals surface area (Å²) >= 11 is 0. The summed E-state index contributed by atoms with van der Waals surface area (Å²) in [5.74, 6) is -0.474. The van der Waals surface area contributed by atoms with Gasteiger partial charge in [0.2, 0.25) is 5.91 Å². The number of rotatable bonds is 6. The predicted octanol–water partition coefficient (Wildman–Crippen LogP) is 5.65. The van der Waals surface area contributed by atoms with Gasteiger partial charge in [0, 0.05) is 5.56 Å². The van der Waals surface area contributed by atoms with Gasteiger partial charge in [-0.1, -0.05) is 54.6 Å². The number of benzene rings is 3. The Balaban J connectivity index is 1.65. The average molecular weight is 383 g/mol. The summed E-state index contributed by atoms with van der Waals surface area (Å²) in [6, 6.07) is 20.6. The molecule has 0 aromatic heterocycles. The molecule has 3 aromatic carbocycles. The molecule has 5 heteroatoms. The quantitative estimate of drug-likeness (QED) is 0.588. The highest BCUT2D eigenvalue weighted by Gasteiger charge is 2.32. The van der Waals surface area contributed by atoms with E-state index in [9.17, 15) is 18.0 Å². The van der Waals surface area contributed by atoms with Crippen LogP contribution in [0.15, 0.2) is 72.8 Å². The van der Waals surface area contributed by atoms with E-state index in [-0.39, 0.29) is 0 Å². The van der Waals surface area contributed by atoms with Crippen LogP contribution in [0.1, 0.15) is 33.5 Å². The van der Waals surface area contributed by atoms with E-state index in [1.54, 1.807) is 24.3 Å². The standard InChI is InChI=1S/C23H20F3NO/c24-23(25,26)21-10-2-1-6-18(21)7-3-5-16-11-13-17(14-12-16)19-8-4-9-20(15-19)22(27)28/h1-2,4,6,8-15H,3,5,7H2,(H2,27,28). The van der Waals surface area contributed by atoms with Gasteiger partial charge in [-0.15, -0.1) is 0 Å². The van der Waals surface area contributed by atoms with E-state index in [0.29, 0.717) is 30.4 Å². The van der Waals surface area contributed by atoms with Crippen LogP contribution in [-0.2, 0) is 19.0 Å². The second-order valence-corrected chi connectivity index (χ2v) is 6.65. The van der Waals surface area contributed by atoms with E-state index < -0.39 is 17.6 Å². The van der Waals surface area contributed by atoms with Crippen LogP contribution in [-0.4, -0.2) is 5.91 Å². The number of carbonyl (C=O) groups is 1. The van der Waals surface area contributed by atoms with Crippen LogP contribution in [0, 0.1) is 0 Å². The Hall–Kier alpha value is -3.08. The Labute approximate surface area is 161 Å². The molecule has 0 atom stereocenters. The van der Waals surface area contributed by atoms with Gasteiger partial charge in [0.1, 0.15) is 0 Å². The molecular weight excluding hydrogens is 363 g/mol. The fraction of sp³-hybridized carbons (Fsp3) is 0.174. The van der Waals surface area contributed by atoms with Gasteiger partial charge in [-0.25, -0.2) is 0 Å². The van der Waals surface area contributed by atoms with E-state index in [1.807, 2.05) is 30.3 Å². The summed E-state index contributed by atoms with van der Waals surface area (Å²) in [6.45, 7) is 0. The maximum Gasteiger partial charge on any atom is 0.416 e. The zero-order chi connectivity index (χ0) is 20.1. The number of amides is 1. The van der Waals surface area contributed by atoms with Crippen molar-refractivity contribution in [2.45, 2.75) is 25.4 Å². The minimum Gasteiger partial charge on any atom is -0.366 e. The van der Waals surface area contributed by atoms with E-state index in [4.69, 9.17) is 5.73 Å². The number of hydrogen-bond donors (Lipinski definition) is 1. The third-order valence-corrected chi connectivity index (χ3v) is 4.67. The lowest BCUT2D eigenvalue weighted by Crippen LogP contribution is -2.10. The molecule has 0 aliphatic carbocycles. The molecule has 0 unspecified atom stereocenters. The van der Waals surface area contributed by atoms with Crippen molar-refractivity contribution in [3.8, 4) is 11.1 Å². The van der Waals surface area contributed by atoms with Crippen LogP contribution < -0.4 is 5.73 Å². The molecule has 2 N–H and O–H groups in total. The molecule has 3 rings (SSSR count). The molecule has 2 nitrogen and oxygen atoms in total. The number of aryl methyl sites for hydroxylation is 2. The molecule has 0 aliphatic heterocycles. The van der Waals surface area contributed by atoms with Crippen LogP contribution in [0.5, 0.6) is 0 Å². The Kier molecular flexibility index (Phi) is 5.83. The minimum atomic E-state index is -4.32. The Morgan fingerprint density at radius 2 is 1.54 bits per heavy atom. The van der Waals surface area contributed by atoms with E-state index in [0.717, 1.165) is 22.8 Å². The van der Waals surface area contributed by atoms with Gasteiger partial charge in [-0.05, 0) is 59.7 Å². The molecule has 144 valence electrons. The predicted molar refractivity (Wildman–Crippen MR) is 104 cm³/mol. The maximum absolute atomic E-state index is 13.1. The van der Waals surface area contributed by atoms with Gasteiger partial charge in [-0.3, -0.25) is 4.79 Å². The number of nitrogens with two attached hydrogens (primary N) is 1. The first-order chi connectivity index (χ1) is 13.3. The number of halogens is 3. The molecule has 0 aliphatic rings. The Morgan fingerprint density at radius 3 is 2.21 bits per heavy atom. The van der Waals surface area contributed by atoms with Crippen LogP contribution in [0.4, 0.5) is 13.2 Å². The van der Waals surface area contributed by atoms with Crippen molar-refractivity contribution >= 4 is 5.91 Å². The van der Waals surface area contributed by atoms with Gasteiger partial charge in [0.15, 0.2) is 0 Å². The molecule has 0 spiro atoms. The smallest absolute Gasteiger partial charge is 0.366 e. The topological polar surface area (TPSA) is 43.1 Å². The summed E-state index contributed by atoms with van der Waals surface area (Å²) in [6.07, 6.45) is -2.63. The van der Waals surface area contributed by atoms with Crippen molar-refractivity contribution in [1.29, 1.82) is 0 Å². The molecular formula is C23H20F3NO. The van der Waals surface area contributed by atoms with E-state index in [1.165, 1.54) is 12.1 Å². The zero-order valence-electron chi connectivity index (χ0n) is 15.2. The maximum atomic E-state index is 13.1. The lowest BCUT2D eigenvalue weighted by molar-refractivity contribution is -0.138. The monoisotopic (exact) mass is 383 g/mol. The summed E-state index contributed by atoms with van der Waals surface area (Å²) in [5.41, 5.74) is 8.44. The molecule has 0 radical (unpaired) electrons. The number of carbonyl (C=O) groups excluding carboxylic acids is 1. The van der Waals surface area contributed by atoms with E-state index >= 15 is 0 Å². The van der Waals surface area contributed by atoms with Crippen molar-refractivity contribution in [3.63, 3.8) is 0 Å². The second-order valence-electron chi connectivity index (χ2n) is 6.65. The van der Waals surface area contributed by atoms with Crippen molar-refractivity contribution < 1.29 is 18.0 Å². The summed E-state index contributed by atoms with van der Waals surface area (Å²) < 4.78 is 39.2. The molecule has 0 bridgehead atoms. The van der Waals surface area contributed by atoms with Crippen LogP contribution in [0.3, 0.4) is 0 Å². The average Bonchev–Trinajstić information content (AvgIpc) is 2.68. The highest BCUT2D eigenvalue weighted by Crippen LogP contribution is 2.32. The van der Waals surface area contributed by atoms with Crippen molar-refractivity contribution in [3.05, 3.63) is 95.1 Å². The van der Waals surface area contributed by atoms with Crippen molar-refractivity contribution in [2.24, 2.45) is 5.73 Å².